The van der Waals surface area contributed by atoms with Crippen LogP contribution in [0.25, 0.3) is 22.4 Å². The molecule has 2 bridgehead atoms. The van der Waals surface area contributed by atoms with Crippen molar-refractivity contribution in [2.75, 3.05) is 57.0 Å². The van der Waals surface area contributed by atoms with E-state index < -0.39 is 114 Å². The maximum absolute atomic E-state index is 16.5. The third kappa shape index (κ3) is 12.6. The lowest BCUT2D eigenvalue weighted by atomic mass is 9.75. The molecule has 4 fully saturated rings. The molecule has 6 atom stereocenters. The van der Waals surface area contributed by atoms with Crippen LogP contribution < -0.4 is 20.7 Å². The van der Waals surface area contributed by atoms with E-state index in [0.29, 0.717) is 79.7 Å². The van der Waals surface area contributed by atoms with Crippen molar-refractivity contribution in [3.63, 3.8) is 0 Å². The highest BCUT2D eigenvalue weighted by molar-refractivity contribution is 5.88. The van der Waals surface area contributed by atoms with Crippen LogP contribution in [0.5, 0.6) is 0 Å². The lowest BCUT2D eigenvalue weighted by molar-refractivity contribution is -0.229. The predicted octanol–water partition coefficient (Wildman–Crippen LogP) is 9.03. The van der Waals surface area contributed by atoms with E-state index >= 15 is 8.78 Å². The van der Waals surface area contributed by atoms with Gasteiger partial charge in [0, 0.05) is 61.5 Å². The standard InChI is InChI=1S/C52H60F10N8O7/c1-28(75-6)16-37(49(2,3)51(57,58)59)46(73)66-69(44-38(53)18-32(19-39(44)54)40-14-15-68(65-40)47(55)56)25-42(72)33(20-41(71)45(64-48(74)76-7)50(4,5)52(60,61)62)17-29-8-10-30(11-9-29)31-12-13-43(63-22-31)67-23-34-21-35(24-67)70(34)36-26-77-27-36/h8-15,18-19,22,33-37,42,45,47,72H,1,16-17,20-21,23-27H2,2-7H3,(H,64,74)(H,66,73)/t33-,34?,35?,37-,42+,45-/m1/s1. The maximum Gasteiger partial charge on any atom is 0.407 e. The number of carbonyl (C=O) groups is 3. The Morgan fingerprint density at radius 3 is 1.96 bits per heavy atom. The Balaban J connectivity index is 1.22. The number of Topliss-reactive ketones (excluding diaryl/α,β-unsaturated/α-hetero) is 1. The fraction of sp³-hybridized carbons (Fsp3) is 0.519. The third-order valence-electron chi connectivity index (χ3n) is 15.0. The highest BCUT2D eigenvalue weighted by atomic mass is 19.4. The van der Waals surface area contributed by atoms with Crippen LogP contribution in [0, 0.1) is 34.3 Å². The number of nitrogens with zero attached hydrogens (tertiary/aromatic N) is 6. The second-order valence-corrected chi connectivity index (χ2v) is 20.7. The summed E-state index contributed by atoms with van der Waals surface area (Å²) in [5.74, 6) is -9.08. The summed E-state index contributed by atoms with van der Waals surface area (Å²) in [7, 11) is 1.93. The first-order valence-corrected chi connectivity index (χ1v) is 24.5. The van der Waals surface area contributed by atoms with Gasteiger partial charge in [-0.15, -0.1) is 0 Å². The topological polar surface area (TPSA) is 164 Å². The Morgan fingerprint density at radius 2 is 1.45 bits per heavy atom. The molecular weight excluding hydrogens is 1040 g/mol. The molecule has 25 heteroatoms. The number of halogens is 10. The molecule has 8 rings (SSSR count). The number of amides is 2. The zero-order valence-electron chi connectivity index (χ0n) is 42.9. The van der Waals surface area contributed by atoms with Gasteiger partial charge in [-0.1, -0.05) is 44.7 Å². The van der Waals surface area contributed by atoms with E-state index in [1.807, 2.05) is 17.4 Å². The number of carbonyl (C=O) groups excluding carboxylic acids is 3. The van der Waals surface area contributed by atoms with E-state index in [9.17, 15) is 54.6 Å². The summed E-state index contributed by atoms with van der Waals surface area (Å²) in [6.07, 6.45) is -12.2. The molecular formula is C52H60F10N8O7. The molecule has 6 heterocycles. The van der Waals surface area contributed by atoms with Gasteiger partial charge in [0.05, 0.1) is 74.3 Å². The molecule has 4 saturated heterocycles. The van der Waals surface area contributed by atoms with Crippen LogP contribution in [0.15, 0.2) is 79.3 Å². The largest absolute Gasteiger partial charge is 0.502 e. The smallest absolute Gasteiger partial charge is 0.407 e. The van der Waals surface area contributed by atoms with Gasteiger partial charge < -0.3 is 29.5 Å². The number of aliphatic hydroxyl groups is 1. The van der Waals surface area contributed by atoms with Gasteiger partial charge in [0.15, 0.2) is 17.4 Å². The van der Waals surface area contributed by atoms with Crippen molar-refractivity contribution in [1.29, 1.82) is 0 Å². The number of alkyl carbamates (subject to hydrolysis) is 1. The Bertz CT molecular complexity index is 2720. The number of hydrogen-bond donors (Lipinski definition) is 3. The highest BCUT2D eigenvalue weighted by Crippen LogP contribution is 2.47. The van der Waals surface area contributed by atoms with E-state index in [2.05, 4.69) is 31.6 Å². The number of ketones is 1. The molecule has 4 aromatic rings. The van der Waals surface area contributed by atoms with Gasteiger partial charge in [0.1, 0.15) is 17.5 Å². The zero-order chi connectivity index (χ0) is 56.5. The summed E-state index contributed by atoms with van der Waals surface area (Å²) in [4.78, 5) is 50.4. The molecule has 2 aromatic heterocycles. The first-order valence-electron chi connectivity index (χ1n) is 24.5. The number of hydrogen-bond acceptors (Lipinski definition) is 12. The Labute approximate surface area is 437 Å². The summed E-state index contributed by atoms with van der Waals surface area (Å²) in [5, 5.41) is 18.1. The summed E-state index contributed by atoms with van der Waals surface area (Å²) in [6.45, 7) is 5.01. The average Bonchev–Trinajstić information content (AvgIpc) is 3.89. The quantitative estimate of drug-likeness (QED) is 0.0390. The molecule has 0 aliphatic carbocycles. The molecule has 0 spiro atoms. The van der Waals surface area contributed by atoms with Crippen LogP contribution in [-0.2, 0) is 30.2 Å². The summed E-state index contributed by atoms with van der Waals surface area (Å²) >= 11 is 0. The maximum atomic E-state index is 16.5. The van der Waals surface area contributed by atoms with Crippen molar-refractivity contribution in [2.45, 2.75) is 103 Å². The zero-order valence-corrected chi connectivity index (χ0v) is 42.9. The predicted molar refractivity (Wildman–Crippen MR) is 261 cm³/mol. The molecule has 0 saturated carbocycles. The molecule has 4 aliphatic rings. The van der Waals surface area contributed by atoms with Crippen molar-refractivity contribution < 1.29 is 77.6 Å². The number of methoxy groups -OCH3 is 2. The summed E-state index contributed by atoms with van der Waals surface area (Å²) in [5.41, 5.74) is -3.96. The molecule has 15 nitrogen and oxygen atoms in total. The fourth-order valence-corrected chi connectivity index (χ4v) is 9.92. The van der Waals surface area contributed by atoms with Gasteiger partial charge in [-0.2, -0.15) is 40.2 Å². The number of hydrazine groups is 1. The van der Waals surface area contributed by atoms with Gasteiger partial charge in [0.25, 0.3) is 0 Å². The second kappa shape index (κ2) is 22.9. The minimum atomic E-state index is -5.12. The van der Waals surface area contributed by atoms with E-state index in [4.69, 9.17) is 14.5 Å². The number of rotatable bonds is 22. The number of fused-ring (bicyclic) bond motifs is 2. The number of aliphatic hydroxyl groups excluding tert-OH is 1. The minimum Gasteiger partial charge on any atom is -0.502 e. The van der Waals surface area contributed by atoms with E-state index in [1.165, 1.54) is 0 Å². The van der Waals surface area contributed by atoms with Gasteiger partial charge in [0.2, 0.25) is 5.91 Å². The molecule has 77 heavy (non-hydrogen) atoms. The number of piperidine rings is 1. The van der Waals surface area contributed by atoms with E-state index in [1.54, 1.807) is 30.5 Å². The molecule has 420 valence electrons. The first-order chi connectivity index (χ1) is 36.0. The molecule has 3 N–H and O–H groups in total. The lowest BCUT2D eigenvalue weighted by Gasteiger charge is -2.60. The number of piperazine rings is 1. The summed E-state index contributed by atoms with van der Waals surface area (Å²) < 4.78 is 163. The van der Waals surface area contributed by atoms with Crippen molar-refractivity contribution in [2.24, 2.45) is 22.7 Å². The van der Waals surface area contributed by atoms with Gasteiger partial charge in [-0.05, 0) is 74.1 Å². The van der Waals surface area contributed by atoms with Gasteiger partial charge >= 0.3 is 25.0 Å². The molecule has 2 aromatic carbocycles. The van der Waals surface area contributed by atoms with E-state index in [-0.39, 0.29) is 22.6 Å². The van der Waals surface area contributed by atoms with Crippen molar-refractivity contribution in [1.82, 2.24) is 30.4 Å². The third-order valence-corrected chi connectivity index (χ3v) is 15.0. The monoisotopic (exact) mass is 1100 g/mol. The number of benzene rings is 2. The van der Waals surface area contributed by atoms with Crippen LogP contribution in [0.2, 0.25) is 0 Å². The van der Waals surface area contributed by atoms with Gasteiger partial charge in [-0.25, -0.2) is 23.2 Å². The Morgan fingerprint density at radius 1 is 0.844 bits per heavy atom. The Kier molecular flexibility index (Phi) is 17.3. The minimum absolute atomic E-state index is 0.195. The lowest BCUT2D eigenvalue weighted by Crippen LogP contribution is -2.74. The van der Waals surface area contributed by atoms with Crippen LogP contribution >= 0.6 is 0 Å². The fourth-order valence-electron chi connectivity index (χ4n) is 9.92. The number of aromatic nitrogens is 3. The van der Waals surface area contributed by atoms with Gasteiger partial charge in [-0.3, -0.25) is 24.9 Å². The Hall–Kier alpha value is -6.47. The molecule has 2 amide bonds. The number of nitrogens with one attached hydrogen (secondary N) is 2. The number of pyridine rings is 1. The van der Waals surface area contributed by atoms with Crippen LogP contribution in [0.3, 0.4) is 0 Å². The SMILES string of the molecule is C=C(C[C@H](C(=O)NN(C[C@H](O)[C@@H](CC(=O)[C@@H](NC(=O)OC)C(C)(C)C(F)(F)F)Cc1ccc(-c2ccc(N3CC4CC(C3)N4C3COC3)nc2)cc1)c1c(F)cc(-c2ccn(C(F)F)n2)cc1F)C(C)(C)C(F)(F)F)OC. The highest BCUT2D eigenvalue weighted by Gasteiger charge is 2.57. The molecule has 2 unspecified atom stereocenters. The number of ether oxygens (including phenoxy) is 3. The van der Waals surface area contributed by atoms with Crippen LogP contribution in [-0.4, -0.2) is 132 Å². The average molecular weight is 1100 g/mol. The van der Waals surface area contributed by atoms with Crippen LogP contribution in [0.4, 0.5) is 60.2 Å². The second-order valence-electron chi connectivity index (χ2n) is 20.7. The van der Waals surface area contributed by atoms with Crippen molar-refractivity contribution in [3.05, 3.63) is 96.5 Å². The molecule has 4 aliphatic heterocycles. The summed E-state index contributed by atoms with van der Waals surface area (Å²) in [6, 6.07) is 11.5. The van der Waals surface area contributed by atoms with Crippen molar-refractivity contribution in [3.8, 4) is 22.4 Å². The molecule has 0 radical (unpaired) electrons. The number of allylic oxidation sites excluding steroid dienone is 1. The van der Waals surface area contributed by atoms with Crippen LogP contribution in [0.1, 0.15) is 59.1 Å². The normalized spacial score (nSPS) is 18.9. The first kappa shape index (κ1) is 58.2. The number of alkyl halides is 8. The number of anilines is 2. The van der Waals surface area contributed by atoms with Crippen molar-refractivity contribution >= 4 is 29.3 Å². The van der Waals surface area contributed by atoms with E-state index in [0.717, 1.165) is 65.0 Å².